The zero-order chi connectivity index (χ0) is 22.8. The number of piperazine rings is 1. The standard InChI is InChI=1S/C25H22ClN3O3S/c1-31-23-20(26)11-12-21-22(23)27-25(33-21)29-15-13-28(14-16-29)24(30)17-7-9-19(10-8-17)32-18-5-3-2-4-6-18/h2-12H,13-16H2,1H3. The van der Waals surface area contributed by atoms with E-state index in [1.54, 1.807) is 18.4 Å². The maximum absolute atomic E-state index is 13.0. The minimum absolute atomic E-state index is 0.0265. The fourth-order valence-corrected chi connectivity index (χ4v) is 5.08. The molecule has 33 heavy (non-hydrogen) atoms. The molecule has 168 valence electrons. The second kappa shape index (κ2) is 9.29. The molecule has 0 N–H and O–H groups in total. The Labute approximate surface area is 200 Å². The maximum Gasteiger partial charge on any atom is 0.253 e. The molecule has 1 aromatic heterocycles. The average Bonchev–Trinajstić information content (AvgIpc) is 3.29. The van der Waals surface area contributed by atoms with E-state index in [1.165, 1.54) is 0 Å². The lowest BCUT2D eigenvalue weighted by atomic mass is 10.1. The Balaban J connectivity index is 1.23. The van der Waals surface area contributed by atoms with E-state index in [9.17, 15) is 4.79 Å². The number of nitrogens with zero attached hydrogens (tertiary/aromatic N) is 3. The van der Waals surface area contributed by atoms with Gasteiger partial charge in [-0.1, -0.05) is 41.1 Å². The van der Waals surface area contributed by atoms with Crippen LogP contribution in [0, 0.1) is 0 Å². The molecule has 0 radical (unpaired) electrons. The first-order valence-electron chi connectivity index (χ1n) is 10.6. The van der Waals surface area contributed by atoms with Gasteiger partial charge in [0.2, 0.25) is 0 Å². The Morgan fingerprint density at radius 2 is 1.64 bits per heavy atom. The number of hydrogen-bond acceptors (Lipinski definition) is 6. The van der Waals surface area contributed by atoms with Gasteiger partial charge in [0.05, 0.1) is 16.8 Å². The van der Waals surface area contributed by atoms with E-state index < -0.39 is 0 Å². The number of para-hydroxylation sites is 1. The Morgan fingerprint density at radius 3 is 2.33 bits per heavy atom. The molecule has 1 aliphatic heterocycles. The zero-order valence-corrected chi connectivity index (χ0v) is 19.6. The van der Waals surface area contributed by atoms with E-state index in [0.29, 0.717) is 35.2 Å². The minimum atomic E-state index is 0.0265. The van der Waals surface area contributed by atoms with Crippen molar-refractivity contribution >= 4 is 44.2 Å². The number of carbonyl (C=O) groups is 1. The molecule has 0 atom stereocenters. The summed E-state index contributed by atoms with van der Waals surface area (Å²) in [6, 6.07) is 20.7. The molecular formula is C25H22ClN3O3S. The smallest absolute Gasteiger partial charge is 0.253 e. The SMILES string of the molecule is COc1c(Cl)ccc2sc(N3CCN(C(=O)c4ccc(Oc5ccccc5)cc4)CC3)nc12. The second-order valence-corrected chi connectivity index (χ2v) is 9.06. The number of rotatable bonds is 5. The normalized spacial score (nSPS) is 13.9. The number of aromatic nitrogens is 1. The van der Waals surface area contributed by atoms with Gasteiger partial charge in [-0.3, -0.25) is 4.79 Å². The van der Waals surface area contributed by atoms with Crippen molar-refractivity contribution in [2.24, 2.45) is 0 Å². The molecule has 1 saturated heterocycles. The molecule has 5 rings (SSSR count). The summed E-state index contributed by atoms with van der Waals surface area (Å²) in [5.41, 5.74) is 1.43. The van der Waals surface area contributed by atoms with E-state index >= 15 is 0 Å². The average molecular weight is 480 g/mol. The van der Waals surface area contributed by atoms with Gasteiger partial charge < -0.3 is 19.3 Å². The highest BCUT2D eigenvalue weighted by Gasteiger charge is 2.24. The van der Waals surface area contributed by atoms with Crippen LogP contribution in [-0.2, 0) is 0 Å². The van der Waals surface area contributed by atoms with Crippen molar-refractivity contribution in [1.29, 1.82) is 0 Å². The van der Waals surface area contributed by atoms with Crippen LogP contribution in [0.5, 0.6) is 17.2 Å². The quantitative estimate of drug-likeness (QED) is 0.367. The van der Waals surface area contributed by atoms with E-state index in [4.69, 9.17) is 26.1 Å². The van der Waals surface area contributed by atoms with Crippen molar-refractivity contribution in [1.82, 2.24) is 9.88 Å². The summed E-state index contributed by atoms with van der Waals surface area (Å²) in [5, 5.41) is 1.47. The number of ether oxygens (including phenoxy) is 2. The van der Waals surface area contributed by atoms with Crippen molar-refractivity contribution in [3.05, 3.63) is 77.3 Å². The summed E-state index contributed by atoms with van der Waals surface area (Å²) in [6.45, 7) is 2.71. The number of methoxy groups -OCH3 is 1. The number of fused-ring (bicyclic) bond motifs is 1. The van der Waals surface area contributed by atoms with Crippen LogP contribution in [0.1, 0.15) is 10.4 Å². The molecule has 0 unspecified atom stereocenters. The zero-order valence-electron chi connectivity index (χ0n) is 18.0. The highest BCUT2D eigenvalue weighted by atomic mass is 35.5. The van der Waals surface area contributed by atoms with Crippen molar-refractivity contribution in [2.45, 2.75) is 0 Å². The van der Waals surface area contributed by atoms with Crippen molar-refractivity contribution in [2.75, 3.05) is 38.2 Å². The highest BCUT2D eigenvalue weighted by Crippen LogP contribution is 2.38. The molecule has 0 saturated carbocycles. The molecular weight excluding hydrogens is 458 g/mol. The number of thiazole rings is 1. The van der Waals surface area contributed by atoms with Crippen LogP contribution in [-0.4, -0.2) is 49.1 Å². The molecule has 0 aliphatic carbocycles. The summed E-state index contributed by atoms with van der Waals surface area (Å²) in [5.74, 6) is 2.10. The summed E-state index contributed by atoms with van der Waals surface area (Å²) in [7, 11) is 1.60. The summed E-state index contributed by atoms with van der Waals surface area (Å²) in [6.07, 6.45) is 0. The lowest BCUT2D eigenvalue weighted by Gasteiger charge is -2.34. The minimum Gasteiger partial charge on any atom is -0.493 e. The second-order valence-electron chi connectivity index (χ2n) is 7.64. The molecule has 0 spiro atoms. The monoisotopic (exact) mass is 479 g/mol. The molecule has 1 aliphatic rings. The van der Waals surface area contributed by atoms with E-state index in [0.717, 1.165) is 34.2 Å². The number of amides is 1. The highest BCUT2D eigenvalue weighted by molar-refractivity contribution is 7.22. The number of halogens is 1. The number of benzene rings is 3. The van der Waals surface area contributed by atoms with Crippen molar-refractivity contribution in [3.63, 3.8) is 0 Å². The van der Waals surface area contributed by atoms with Gasteiger partial charge in [-0.05, 0) is 48.5 Å². The molecule has 1 amide bonds. The van der Waals surface area contributed by atoms with Crippen molar-refractivity contribution in [3.8, 4) is 17.2 Å². The third-order valence-electron chi connectivity index (χ3n) is 5.58. The van der Waals surface area contributed by atoms with E-state index in [2.05, 4.69) is 4.90 Å². The first kappa shape index (κ1) is 21.6. The predicted molar refractivity (Wildman–Crippen MR) is 132 cm³/mol. The third kappa shape index (κ3) is 4.47. The Hall–Kier alpha value is -3.29. The van der Waals surface area contributed by atoms with Gasteiger partial charge in [-0.2, -0.15) is 0 Å². The van der Waals surface area contributed by atoms with Crippen molar-refractivity contribution < 1.29 is 14.3 Å². The topological polar surface area (TPSA) is 54.9 Å². The van der Waals surface area contributed by atoms with E-state index in [1.807, 2.05) is 71.6 Å². The van der Waals surface area contributed by atoms with Gasteiger partial charge in [0.15, 0.2) is 10.9 Å². The lowest BCUT2D eigenvalue weighted by Crippen LogP contribution is -2.48. The summed E-state index contributed by atoms with van der Waals surface area (Å²) < 4.78 is 12.3. The van der Waals surface area contributed by atoms with Crippen LogP contribution >= 0.6 is 22.9 Å². The number of hydrogen-bond donors (Lipinski definition) is 0. The lowest BCUT2D eigenvalue weighted by molar-refractivity contribution is 0.0747. The Kier molecular flexibility index (Phi) is 6.07. The molecule has 8 heteroatoms. The fourth-order valence-electron chi connectivity index (χ4n) is 3.84. The van der Waals surface area contributed by atoms with Gasteiger partial charge in [-0.25, -0.2) is 4.98 Å². The molecule has 4 aromatic rings. The van der Waals surface area contributed by atoms with E-state index in [-0.39, 0.29) is 5.91 Å². The number of anilines is 1. The number of carbonyl (C=O) groups excluding carboxylic acids is 1. The van der Waals surface area contributed by atoms with Crippen LogP contribution in [0.4, 0.5) is 5.13 Å². The van der Waals surface area contributed by atoms with Crippen LogP contribution in [0.3, 0.4) is 0 Å². The van der Waals surface area contributed by atoms with Crippen LogP contribution < -0.4 is 14.4 Å². The molecule has 2 heterocycles. The molecule has 6 nitrogen and oxygen atoms in total. The summed E-state index contributed by atoms with van der Waals surface area (Å²) in [4.78, 5) is 21.8. The first-order valence-corrected chi connectivity index (χ1v) is 11.8. The fraction of sp³-hybridized carbons (Fsp3) is 0.200. The molecule has 0 bridgehead atoms. The van der Waals surface area contributed by atoms with Gasteiger partial charge in [-0.15, -0.1) is 0 Å². The van der Waals surface area contributed by atoms with Gasteiger partial charge in [0.1, 0.15) is 17.0 Å². The van der Waals surface area contributed by atoms with Crippen LogP contribution in [0.15, 0.2) is 66.7 Å². The van der Waals surface area contributed by atoms with Gasteiger partial charge in [0.25, 0.3) is 5.91 Å². The van der Waals surface area contributed by atoms with Crippen LogP contribution in [0.25, 0.3) is 10.2 Å². The van der Waals surface area contributed by atoms with Crippen LogP contribution in [0.2, 0.25) is 5.02 Å². The Morgan fingerprint density at radius 1 is 0.939 bits per heavy atom. The Bertz CT molecular complexity index is 1270. The molecule has 1 fully saturated rings. The summed E-state index contributed by atoms with van der Waals surface area (Å²) >= 11 is 7.84. The largest absolute Gasteiger partial charge is 0.493 e. The first-order chi connectivity index (χ1) is 16.1. The van der Waals surface area contributed by atoms with Gasteiger partial charge in [0, 0.05) is 31.7 Å². The third-order valence-corrected chi connectivity index (χ3v) is 6.96. The maximum atomic E-state index is 13.0. The predicted octanol–water partition coefficient (Wildman–Crippen LogP) is 5.71. The van der Waals surface area contributed by atoms with Gasteiger partial charge >= 0.3 is 0 Å². The molecule has 3 aromatic carbocycles.